The minimum Gasteiger partial charge on any atom is -0.455 e. The van der Waals surface area contributed by atoms with E-state index in [2.05, 4.69) is 12.2 Å². The zero-order valence-corrected chi connectivity index (χ0v) is 12.1. The van der Waals surface area contributed by atoms with Crippen molar-refractivity contribution in [3.8, 4) is 11.5 Å². The van der Waals surface area contributed by atoms with Crippen molar-refractivity contribution in [3.63, 3.8) is 0 Å². The zero-order chi connectivity index (χ0) is 13.7. The molecule has 0 fully saturated rings. The van der Waals surface area contributed by atoms with Gasteiger partial charge in [-0.25, -0.2) is 0 Å². The number of ether oxygens (including phenoxy) is 1. The van der Waals surface area contributed by atoms with Gasteiger partial charge in [-0.15, -0.1) is 0 Å². The monoisotopic (exact) mass is 295 g/mol. The van der Waals surface area contributed by atoms with Crippen LogP contribution < -0.4 is 10.1 Å². The van der Waals surface area contributed by atoms with Gasteiger partial charge in [-0.3, -0.25) is 0 Å². The molecule has 0 atom stereocenters. The highest BCUT2D eigenvalue weighted by atomic mass is 35.5. The molecule has 0 heterocycles. The molecule has 0 unspecified atom stereocenters. The third-order valence-electron chi connectivity index (χ3n) is 2.63. The summed E-state index contributed by atoms with van der Waals surface area (Å²) in [4.78, 5) is 0. The molecule has 0 aliphatic carbocycles. The Bertz CT molecular complexity index is 558. The first-order valence-electron chi connectivity index (χ1n) is 6.12. The summed E-state index contributed by atoms with van der Waals surface area (Å²) in [6.07, 6.45) is 0. The van der Waals surface area contributed by atoms with Crippen molar-refractivity contribution in [2.75, 3.05) is 6.54 Å². The lowest BCUT2D eigenvalue weighted by molar-refractivity contribution is 0.473. The van der Waals surface area contributed by atoms with Crippen molar-refractivity contribution in [2.45, 2.75) is 13.5 Å². The van der Waals surface area contributed by atoms with Crippen LogP contribution in [0.2, 0.25) is 10.0 Å². The number of benzene rings is 2. The van der Waals surface area contributed by atoms with Crippen molar-refractivity contribution in [3.05, 3.63) is 58.1 Å². The van der Waals surface area contributed by atoms with Gasteiger partial charge in [0.15, 0.2) is 0 Å². The first-order chi connectivity index (χ1) is 9.20. The van der Waals surface area contributed by atoms with E-state index in [1.54, 1.807) is 12.1 Å². The van der Waals surface area contributed by atoms with E-state index in [-0.39, 0.29) is 0 Å². The molecule has 0 spiro atoms. The fraction of sp³-hybridized carbons (Fsp3) is 0.200. The minimum atomic E-state index is 0.593. The molecule has 4 heteroatoms. The van der Waals surface area contributed by atoms with Crippen molar-refractivity contribution in [1.82, 2.24) is 5.32 Å². The SMILES string of the molecule is CCNCc1cccc(Cl)c1Oc1cccc(Cl)c1. The zero-order valence-electron chi connectivity index (χ0n) is 10.6. The van der Waals surface area contributed by atoms with Gasteiger partial charge in [-0.05, 0) is 30.8 Å². The molecule has 0 radical (unpaired) electrons. The van der Waals surface area contributed by atoms with E-state index in [1.165, 1.54) is 0 Å². The molecule has 0 aliphatic heterocycles. The van der Waals surface area contributed by atoms with Gasteiger partial charge in [-0.1, -0.05) is 48.3 Å². The topological polar surface area (TPSA) is 21.3 Å². The first-order valence-corrected chi connectivity index (χ1v) is 6.88. The predicted octanol–water partition coefficient (Wildman–Crippen LogP) is 4.90. The lowest BCUT2D eigenvalue weighted by atomic mass is 10.2. The number of rotatable bonds is 5. The van der Waals surface area contributed by atoms with Gasteiger partial charge < -0.3 is 10.1 Å². The van der Waals surface area contributed by atoms with E-state index in [0.717, 1.165) is 12.1 Å². The molecule has 0 bridgehead atoms. The minimum absolute atomic E-state index is 0.593. The maximum absolute atomic E-state index is 6.21. The van der Waals surface area contributed by atoms with Gasteiger partial charge in [0.1, 0.15) is 11.5 Å². The summed E-state index contributed by atoms with van der Waals surface area (Å²) in [5.41, 5.74) is 1.02. The Balaban J connectivity index is 2.27. The molecule has 0 aromatic heterocycles. The van der Waals surface area contributed by atoms with E-state index >= 15 is 0 Å². The van der Waals surface area contributed by atoms with Crippen molar-refractivity contribution < 1.29 is 4.74 Å². The fourth-order valence-corrected chi connectivity index (χ4v) is 2.13. The molecule has 0 saturated heterocycles. The Hall–Kier alpha value is -1.22. The van der Waals surface area contributed by atoms with Crippen molar-refractivity contribution >= 4 is 23.2 Å². The first kappa shape index (κ1) is 14.2. The van der Waals surface area contributed by atoms with Crippen LogP contribution in [-0.4, -0.2) is 6.54 Å². The third kappa shape index (κ3) is 3.87. The Morgan fingerprint density at radius 1 is 1.11 bits per heavy atom. The van der Waals surface area contributed by atoms with Gasteiger partial charge in [0.2, 0.25) is 0 Å². The van der Waals surface area contributed by atoms with Crippen LogP contribution in [0.15, 0.2) is 42.5 Å². The summed E-state index contributed by atoms with van der Waals surface area (Å²) < 4.78 is 5.86. The Morgan fingerprint density at radius 2 is 1.89 bits per heavy atom. The van der Waals surface area contributed by atoms with E-state index < -0.39 is 0 Å². The Kier molecular flexibility index (Phi) is 5.08. The molecule has 2 nitrogen and oxygen atoms in total. The van der Waals surface area contributed by atoms with E-state index in [1.807, 2.05) is 30.3 Å². The van der Waals surface area contributed by atoms with Gasteiger partial charge in [-0.2, -0.15) is 0 Å². The van der Waals surface area contributed by atoms with Crippen LogP contribution in [0.4, 0.5) is 0 Å². The van der Waals surface area contributed by atoms with Crippen LogP contribution in [0, 0.1) is 0 Å². The van der Waals surface area contributed by atoms with Crippen LogP contribution >= 0.6 is 23.2 Å². The van der Waals surface area contributed by atoms with Crippen molar-refractivity contribution in [2.24, 2.45) is 0 Å². The van der Waals surface area contributed by atoms with Gasteiger partial charge in [0.25, 0.3) is 0 Å². The predicted molar refractivity (Wildman–Crippen MR) is 80.4 cm³/mol. The number of halogens is 2. The summed E-state index contributed by atoms with van der Waals surface area (Å²) >= 11 is 12.2. The van der Waals surface area contributed by atoms with Crippen LogP contribution in [0.3, 0.4) is 0 Å². The number of hydrogen-bond donors (Lipinski definition) is 1. The second-order valence-electron chi connectivity index (χ2n) is 4.07. The highest BCUT2D eigenvalue weighted by molar-refractivity contribution is 6.32. The Labute approximate surface area is 123 Å². The summed E-state index contributed by atoms with van der Waals surface area (Å²) in [5, 5.41) is 4.49. The molecule has 2 aromatic rings. The molecule has 100 valence electrons. The quantitative estimate of drug-likeness (QED) is 0.847. The normalized spacial score (nSPS) is 10.5. The average molecular weight is 296 g/mol. The smallest absolute Gasteiger partial charge is 0.150 e. The Morgan fingerprint density at radius 3 is 2.63 bits per heavy atom. The van der Waals surface area contributed by atoms with Crippen LogP contribution in [-0.2, 0) is 6.54 Å². The molecular weight excluding hydrogens is 281 g/mol. The highest BCUT2D eigenvalue weighted by Crippen LogP contribution is 2.33. The second kappa shape index (κ2) is 6.80. The van der Waals surface area contributed by atoms with E-state index in [4.69, 9.17) is 27.9 Å². The fourth-order valence-electron chi connectivity index (χ4n) is 1.72. The second-order valence-corrected chi connectivity index (χ2v) is 4.91. The maximum atomic E-state index is 6.21. The summed E-state index contributed by atoms with van der Waals surface area (Å²) in [7, 11) is 0. The van der Waals surface area contributed by atoms with E-state index in [0.29, 0.717) is 28.1 Å². The molecule has 0 aliphatic rings. The number of hydrogen-bond acceptors (Lipinski definition) is 2. The molecule has 19 heavy (non-hydrogen) atoms. The summed E-state index contributed by atoms with van der Waals surface area (Å²) in [6.45, 7) is 3.66. The van der Waals surface area contributed by atoms with Crippen molar-refractivity contribution in [1.29, 1.82) is 0 Å². The molecule has 2 aromatic carbocycles. The lowest BCUT2D eigenvalue weighted by Crippen LogP contribution is -2.12. The average Bonchev–Trinajstić information content (AvgIpc) is 2.39. The molecule has 0 amide bonds. The lowest BCUT2D eigenvalue weighted by Gasteiger charge is -2.13. The standard InChI is InChI=1S/C15H15Cl2NO/c1-2-18-10-11-5-3-8-14(17)15(11)19-13-7-4-6-12(16)9-13/h3-9,18H,2,10H2,1H3. The molecule has 0 saturated carbocycles. The van der Waals surface area contributed by atoms with E-state index in [9.17, 15) is 0 Å². The molecular formula is C15H15Cl2NO. The number of para-hydroxylation sites is 1. The summed E-state index contributed by atoms with van der Waals surface area (Å²) in [6, 6.07) is 13.0. The number of nitrogens with one attached hydrogen (secondary N) is 1. The van der Waals surface area contributed by atoms with Gasteiger partial charge >= 0.3 is 0 Å². The van der Waals surface area contributed by atoms with Gasteiger partial charge in [0.05, 0.1) is 5.02 Å². The third-order valence-corrected chi connectivity index (χ3v) is 3.16. The van der Waals surface area contributed by atoms with Gasteiger partial charge in [0, 0.05) is 17.1 Å². The molecule has 1 N–H and O–H groups in total. The molecule has 2 rings (SSSR count). The summed E-state index contributed by atoms with van der Waals surface area (Å²) in [5.74, 6) is 1.35. The highest BCUT2D eigenvalue weighted by Gasteiger charge is 2.09. The largest absolute Gasteiger partial charge is 0.455 e. The van der Waals surface area contributed by atoms with Crippen LogP contribution in [0.5, 0.6) is 11.5 Å². The van der Waals surface area contributed by atoms with Crippen LogP contribution in [0.1, 0.15) is 12.5 Å². The maximum Gasteiger partial charge on any atom is 0.150 e. The van der Waals surface area contributed by atoms with Crippen LogP contribution in [0.25, 0.3) is 0 Å².